The number of fused-ring (bicyclic) bond motifs is 4. The lowest BCUT2D eigenvalue weighted by atomic mass is 9.57. The number of hydrogen-bond acceptors (Lipinski definition) is 6. The predicted octanol–water partition coefficient (Wildman–Crippen LogP) is 11.7. The van der Waals surface area contributed by atoms with Crippen molar-refractivity contribution in [1.82, 2.24) is 29.5 Å². The zero-order valence-electron chi connectivity index (χ0n) is 33.8. The first-order chi connectivity index (χ1) is 28.7. The minimum atomic E-state index is -0.514. The van der Waals surface area contributed by atoms with Gasteiger partial charge in [-0.25, -0.2) is 18.1 Å². The lowest BCUT2D eigenvalue weighted by Gasteiger charge is -2.48. The molecular formula is C51H58F2N6O2. The van der Waals surface area contributed by atoms with Crippen molar-refractivity contribution in [2.45, 2.75) is 92.3 Å². The normalized spacial score (nSPS) is 23.4. The lowest BCUT2D eigenvalue weighted by Crippen LogP contribution is -2.40. The average Bonchev–Trinajstić information content (AvgIpc) is 3.86. The number of hydrogen-bond donors (Lipinski definition) is 1. The predicted molar refractivity (Wildman–Crippen MR) is 238 cm³/mol. The van der Waals surface area contributed by atoms with Crippen LogP contribution in [-0.2, 0) is 17.6 Å². The number of benzene rings is 2. The molecule has 0 aliphatic heterocycles. The minimum absolute atomic E-state index is 0. The number of nitrogens with zero attached hydrogens (tertiary/aromatic N) is 6. The van der Waals surface area contributed by atoms with E-state index in [1.54, 1.807) is 36.7 Å². The van der Waals surface area contributed by atoms with Gasteiger partial charge in [0, 0.05) is 31.9 Å². The van der Waals surface area contributed by atoms with E-state index < -0.39 is 6.10 Å². The molecule has 0 bridgehead atoms. The molecule has 4 aliphatic rings. The molecule has 0 radical (unpaired) electrons. The summed E-state index contributed by atoms with van der Waals surface area (Å²) in [6.07, 6.45) is 23.4. The quantitative estimate of drug-likeness (QED) is 0.172. The Morgan fingerprint density at radius 3 is 1.52 bits per heavy atom. The van der Waals surface area contributed by atoms with Gasteiger partial charge in [0.2, 0.25) is 0 Å². The average molecular weight is 825 g/mol. The minimum Gasteiger partial charge on any atom is -0.388 e. The molecule has 6 aromatic rings. The number of pyridine rings is 2. The zero-order chi connectivity index (χ0) is 40.7. The van der Waals surface area contributed by atoms with Gasteiger partial charge in [0.25, 0.3) is 0 Å². The SMILES string of the molecule is C.C.CO[C@@H](c1ccncc1)[C@H]1CCCC2=Cc3c(cnn3-c3ccc(F)cc3)C[C@@]21C.C[C@]12Cc3cnn(-c4ccc(F)cc4)c3C=C1CCC[C@@H]2[C@@H](O)c1ccncc1. The summed E-state index contributed by atoms with van der Waals surface area (Å²) in [7, 11) is 1.81. The van der Waals surface area contributed by atoms with E-state index in [4.69, 9.17) is 4.74 Å². The third-order valence-corrected chi connectivity index (χ3v) is 13.8. The van der Waals surface area contributed by atoms with Gasteiger partial charge in [-0.1, -0.05) is 39.8 Å². The molecular weight excluding hydrogens is 767 g/mol. The maximum Gasteiger partial charge on any atom is 0.123 e. The summed E-state index contributed by atoms with van der Waals surface area (Å²) in [5.74, 6) is 0.0444. The van der Waals surface area contributed by atoms with Gasteiger partial charge in [-0.05, 0) is 181 Å². The summed E-state index contributed by atoms with van der Waals surface area (Å²) in [5, 5.41) is 20.4. The van der Waals surface area contributed by atoms with E-state index in [1.807, 2.05) is 53.4 Å². The Labute approximate surface area is 359 Å². The molecule has 4 aromatic heterocycles. The van der Waals surface area contributed by atoms with Crippen LogP contribution < -0.4 is 0 Å². The van der Waals surface area contributed by atoms with Crippen molar-refractivity contribution in [2.75, 3.05) is 7.11 Å². The molecule has 2 saturated carbocycles. The fraction of sp³-hybridized carbons (Fsp3) is 0.373. The highest BCUT2D eigenvalue weighted by atomic mass is 19.1. The summed E-state index contributed by atoms with van der Waals surface area (Å²) in [6.45, 7) is 4.67. The Hall–Kier alpha value is -5.58. The fourth-order valence-electron chi connectivity index (χ4n) is 10.6. The number of methoxy groups -OCH3 is 1. The number of aliphatic hydroxyl groups is 1. The molecule has 2 aromatic carbocycles. The Morgan fingerprint density at radius 2 is 1.07 bits per heavy atom. The van der Waals surface area contributed by atoms with Crippen LogP contribution in [0.1, 0.15) is 113 Å². The summed E-state index contributed by atoms with van der Waals surface area (Å²) >= 11 is 0. The van der Waals surface area contributed by atoms with Gasteiger partial charge in [-0.3, -0.25) is 9.97 Å². The monoisotopic (exact) mass is 824 g/mol. The van der Waals surface area contributed by atoms with Crippen LogP contribution in [0.15, 0.2) is 121 Å². The van der Waals surface area contributed by atoms with Crippen LogP contribution in [0, 0.1) is 34.3 Å². The summed E-state index contributed by atoms with van der Waals surface area (Å²) in [6, 6.07) is 20.9. The first-order valence-corrected chi connectivity index (χ1v) is 20.7. The van der Waals surface area contributed by atoms with E-state index >= 15 is 0 Å². The van der Waals surface area contributed by atoms with E-state index in [9.17, 15) is 13.9 Å². The van der Waals surface area contributed by atoms with Gasteiger partial charge >= 0.3 is 0 Å². The molecule has 1 N–H and O–H groups in total. The van der Waals surface area contributed by atoms with Crippen LogP contribution in [0.4, 0.5) is 8.78 Å². The Balaban J connectivity index is 0.000000178. The van der Waals surface area contributed by atoms with Crippen molar-refractivity contribution < 1.29 is 18.6 Å². The zero-order valence-corrected chi connectivity index (χ0v) is 33.8. The van der Waals surface area contributed by atoms with Gasteiger partial charge in [0.15, 0.2) is 0 Å². The number of halogens is 2. The number of aromatic nitrogens is 6. The lowest BCUT2D eigenvalue weighted by molar-refractivity contribution is -0.0115. The first-order valence-electron chi connectivity index (χ1n) is 20.7. The van der Waals surface area contributed by atoms with Crippen LogP contribution >= 0.6 is 0 Å². The third-order valence-electron chi connectivity index (χ3n) is 13.8. The van der Waals surface area contributed by atoms with Crippen LogP contribution in [0.5, 0.6) is 0 Å². The Morgan fingerprint density at radius 1 is 0.639 bits per heavy atom. The molecule has 318 valence electrons. The van der Waals surface area contributed by atoms with Crippen molar-refractivity contribution in [3.05, 3.63) is 166 Å². The molecule has 6 atom stereocenters. The molecule has 0 amide bonds. The molecule has 0 unspecified atom stereocenters. The molecule has 61 heavy (non-hydrogen) atoms. The summed E-state index contributed by atoms with van der Waals surface area (Å²) in [5.41, 5.74) is 11.2. The van der Waals surface area contributed by atoms with Crippen molar-refractivity contribution in [3.63, 3.8) is 0 Å². The molecule has 4 heterocycles. The second-order valence-electron chi connectivity index (χ2n) is 17.1. The number of allylic oxidation sites excluding steroid dienone is 2. The van der Waals surface area contributed by atoms with Crippen molar-refractivity contribution >= 4 is 12.2 Å². The molecule has 8 nitrogen and oxygen atoms in total. The van der Waals surface area contributed by atoms with Crippen molar-refractivity contribution in [2.24, 2.45) is 22.7 Å². The van der Waals surface area contributed by atoms with E-state index in [0.29, 0.717) is 5.92 Å². The second-order valence-corrected chi connectivity index (χ2v) is 17.1. The van der Waals surface area contributed by atoms with Gasteiger partial charge in [0.05, 0.1) is 47.4 Å². The van der Waals surface area contributed by atoms with Crippen molar-refractivity contribution in [1.29, 1.82) is 0 Å². The Kier molecular flexibility index (Phi) is 12.7. The molecule has 10 heteroatoms. The van der Waals surface area contributed by atoms with E-state index in [-0.39, 0.29) is 49.3 Å². The van der Waals surface area contributed by atoms with Crippen LogP contribution in [-0.4, -0.2) is 41.7 Å². The van der Waals surface area contributed by atoms with Crippen LogP contribution in [0.3, 0.4) is 0 Å². The van der Waals surface area contributed by atoms with Crippen molar-refractivity contribution in [3.8, 4) is 11.4 Å². The molecule has 4 aliphatic carbocycles. The first kappa shape index (κ1) is 43.5. The summed E-state index contributed by atoms with van der Waals surface area (Å²) < 4.78 is 36.6. The van der Waals surface area contributed by atoms with E-state index in [2.05, 4.69) is 58.3 Å². The highest BCUT2D eigenvalue weighted by Gasteiger charge is 2.48. The standard InChI is InChI=1S/C25H26FN3O.C24H24FN3O.2CH4/c1-25-15-18-16-28-29(21-8-6-20(26)7-9-21)23(18)14-19(25)4-3-5-22(25)24(30-2)17-10-12-27-13-11-17;1-24-14-17-15-27-28(20-7-5-19(25)6-8-20)22(17)13-18(24)3-2-4-21(24)23(29)16-9-11-26-12-10-16;;/h6-14,16,22,24H,3-5,15H2,1-2H3;5-13,15,21,23,29H,2-4,14H2,1H3;2*1H4/t22-,24+,25+;21-,23+,24+;;/m11../s1. The number of ether oxygens (including phenoxy) is 1. The molecule has 0 saturated heterocycles. The topological polar surface area (TPSA) is 90.9 Å². The maximum absolute atomic E-state index is 13.4. The molecule has 2 fully saturated rings. The maximum atomic E-state index is 13.4. The summed E-state index contributed by atoms with van der Waals surface area (Å²) in [4.78, 5) is 8.25. The smallest absolute Gasteiger partial charge is 0.123 e. The van der Waals surface area contributed by atoms with Crippen LogP contribution in [0.25, 0.3) is 23.5 Å². The van der Waals surface area contributed by atoms with E-state index in [1.165, 1.54) is 52.1 Å². The number of aliphatic hydroxyl groups excluding tert-OH is 1. The van der Waals surface area contributed by atoms with Gasteiger partial charge in [-0.2, -0.15) is 10.2 Å². The largest absolute Gasteiger partial charge is 0.388 e. The molecule has 10 rings (SSSR count). The third kappa shape index (κ3) is 8.04. The van der Waals surface area contributed by atoms with Crippen LogP contribution in [0.2, 0.25) is 0 Å². The number of rotatable bonds is 7. The van der Waals surface area contributed by atoms with E-state index in [0.717, 1.165) is 79.7 Å². The fourth-order valence-corrected chi connectivity index (χ4v) is 10.6. The molecule has 0 spiro atoms. The highest BCUT2D eigenvalue weighted by Crippen LogP contribution is 2.56. The highest BCUT2D eigenvalue weighted by molar-refractivity contribution is 5.62. The van der Waals surface area contributed by atoms with Gasteiger partial charge < -0.3 is 9.84 Å². The second kappa shape index (κ2) is 17.8. The Bertz CT molecular complexity index is 2480. The van der Waals surface area contributed by atoms with Gasteiger partial charge in [-0.15, -0.1) is 0 Å². The van der Waals surface area contributed by atoms with Gasteiger partial charge in [0.1, 0.15) is 11.6 Å².